The summed E-state index contributed by atoms with van der Waals surface area (Å²) in [5.74, 6) is 0.610. The molecule has 1 rings (SSSR count). The standard InChI is InChI=1S/C8H10BrClOS/c9-7-5-12-4-6(7)8(11)2-1-3-10/h4-5,8,11H,1-3H2. The highest BCUT2D eigenvalue weighted by Gasteiger charge is 2.10. The second-order valence-electron chi connectivity index (χ2n) is 2.52. The first kappa shape index (κ1) is 10.5. The third-order valence-corrected chi connectivity index (χ3v) is 3.63. The summed E-state index contributed by atoms with van der Waals surface area (Å²) in [7, 11) is 0. The van der Waals surface area contributed by atoms with Crippen molar-refractivity contribution < 1.29 is 5.11 Å². The molecule has 0 saturated carbocycles. The Kier molecular flexibility index (Phi) is 4.57. The van der Waals surface area contributed by atoms with Crippen LogP contribution in [-0.2, 0) is 0 Å². The predicted octanol–water partition coefficient (Wildman–Crippen LogP) is 3.56. The Morgan fingerprint density at radius 3 is 2.83 bits per heavy atom. The smallest absolute Gasteiger partial charge is 0.0809 e. The number of alkyl halides is 1. The summed E-state index contributed by atoms with van der Waals surface area (Å²) in [6.07, 6.45) is 1.22. The number of aliphatic hydroxyl groups excluding tert-OH is 1. The zero-order chi connectivity index (χ0) is 8.97. The molecule has 4 heteroatoms. The van der Waals surface area contributed by atoms with E-state index in [-0.39, 0.29) is 6.10 Å². The molecular weight excluding hydrogens is 260 g/mol. The quantitative estimate of drug-likeness (QED) is 0.829. The first-order valence-electron chi connectivity index (χ1n) is 3.71. The van der Waals surface area contributed by atoms with Gasteiger partial charge in [-0.3, -0.25) is 0 Å². The maximum atomic E-state index is 9.64. The van der Waals surface area contributed by atoms with Crippen LogP contribution in [0, 0.1) is 0 Å². The van der Waals surface area contributed by atoms with E-state index in [9.17, 15) is 5.11 Å². The maximum absolute atomic E-state index is 9.64. The highest BCUT2D eigenvalue weighted by Crippen LogP contribution is 2.29. The van der Waals surface area contributed by atoms with E-state index in [1.54, 1.807) is 11.3 Å². The summed E-state index contributed by atoms with van der Waals surface area (Å²) in [5, 5.41) is 13.6. The van der Waals surface area contributed by atoms with Crippen molar-refractivity contribution in [2.75, 3.05) is 5.88 Å². The van der Waals surface area contributed by atoms with E-state index in [0.717, 1.165) is 22.9 Å². The van der Waals surface area contributed by atoms with Gasteiger partial charge in [-0.25, -0.2) is 0 Å². The highest BCUT2D eigenvalue weighted by atomic mass is 79.9. The topological polar surface area (TPSA) is 20.2 Å². The summed E-state index contributed by atoms with van der Waals surface area (Å²) >= 11 is 10.5. The number of hydrogen-bond donors (Lipinski definition) is 1. The fourth-order valence-electron chi connectivity index (χ4n) is 0.955. The molecule has 0 aliphatic heterocycles. The minimum atomic E-state index is -0.371. The van der Waals surface area contributed by atoms with Gasteiger partial charge >= 0.3 is 0 Å². The second kappa shape index (κ2) is 5.22. The van der Waals surface area contributed by atoms with E-state index in [1.165, 1.54) is 0 Å². The lowest BCUT2D eigenvalue weighted by Gasteiger charge is -2.07. The first-order valence-corrected chi connectivity index (χ1v) is 5.98. The van der Waals surface area contributed by atoms with Crippen LogP contribution in [-0.4, -0.2) is 11.0 Å². The van der Waals surface area contributed by atoms with Crippen molar-refractivity contribution in [2.45, 2.75) is 18.9 Å². The minimum Gasteiger partial charge on any atom is -0.388 e. The normalized spacial score (nSPS) is 13.2. The van der Waals surface area contributed by atoms with Gasteiger partial charge in [0.25, 0.3) is 0 Å². The summed E-state index contributed by atoms with van der Waals surface area (Å²) in [6.45, 7) is 0. The van der Waals surface area contributed by atoms with Gasteiger partial charge in [-0.1, -0.05) is 0 Å². The summed E-state index contributed by atoms with van der Waals surface area (Å²) < 4.78 is 0.995. The molecule has 1 aromatic rings. The van der Waals surface area contributed by atoms with E-state index >= 15 is 0 Å². The van der Waals surface area contributed by atoms with E-state index in [0.29, 0.717) is 5.88 Å². The van der Waals surface area contributed by atoms with E-state index < -0.39 is 0 Å². The summed E-state index contributed by atoms with van der Waals surface area (Å²) in [5.41, 5.74) is 0.977. The second-order valence-corrected chi connectivity index (χ2v) is 4.50. The predicted molar refractivity (Wildman–Crippen MR) is 56.9 cm³/mol. The first-order chi connectivity index (χ1) is 5.75. The molecule has 1 unspecified atom stereocenters. The number of aliphatic hydroxyl groups is 1. The van der Waals surface area contributed by atoms with Crippen LogP contribution in [0.2, 0.25) is 0 Å². The lowest BCUT2D eigenvalue weighted by Crippen LogP contribution is -1.96. The zero-order valence-corrected chi connectivity index (χ0v) is 9.62. The van der Waals surface area contributed by atoms with Crippen LogP contribution in [0.5, 0.6) is 0 Å². The maximum Gasteiger partial charge on any atom is 0.0809 e. The van der Waals surface area contributed by atoms with Crippen molar-refractivity contribution >= 4 is 38.9 Å². The van der Waals surface area contributed by atoms with Gasteiger partial charge in [-0.2, -0.15) is 11.3 Å². The number of hydrogen-bond acceptors (Lipinski definition) is 2. The molecule has 1 aromatic heterocycles. The SMILES string of the molecule is OC(CCCCl)c1cscc1Br. The highest BCUT2D eigenvalue weighted by molar-refractivity contribution is 9.10. The molecule has 1 nitrogen and oxygen atoms in total. The number of halogens is 2. The molecule has 1 heterocycles. The van der Waals surface area contributed by atoms with Gasteiger partial charge in [0.2, 0.25) is 0 Å². The Morgan fingerprint density at radius 2 is 2.33 bits per heavy atom. The monoisotopic (exact) mass is 268 g/mol. The summed E-state index contributed by atoms with van der Waals surface area (Å²) in [4.78, 5) is 0. The third kappa shape index (κ3) is 2.73. The van der Waals surface area contributed by atoms with Crippen molar-refractivity contribution in [3.8, 4) is 0 Å². The molecule has 0 aliphatic rings. The number of thiophene rings is 1. The third-order valence-electron chi connectivity index (χ3n) is 1.61. The zero-order valence-electron chi connectivity index (χ0n) is 6.46. The molecule has 0 fully saturated rings. The van der Waals surface area contributed by atoms with Gasteiger partial charge < -0.3 is 5.11 Å². The largest absolute Gasteiger partial charge is 0.388 e. The van der Waals surface area contributed by atoms with Gasteiger partial charge in [0.1, 0.15) is 0 Å². The van der Waals surface area contributed by atoms with E-state index in [1.807, 2.05) is 10.8 Å². The van der Waals surface area contributed by atoms with Crippen LogP contribution in [0.25, 0.3) is 0 Å². The lowest BCUT2D eigenvalue weighted by atomic mass is 10.1. The van der Waals surface area contributed by atoms with Crippen LogP contribution in [0.3, 0.4) is 0 Å². The van der Waals surface area contributed by atoms with Gasteiger partial charge in [0.15, 0.2) is 0 Å². The molecule has 0 saturated heterocycles. The molecule has 0 bridgehead atoms. The molecule has 0 aliphatic carbocycles. The Hall–Kier alpha value is 0.430. The minimum absolute atomic E-state index is 0.371. The Labute approximate surface area is 89.5 Å². The Bertz CT molecular complexity index is 239. The van der Waals surface area contributed by atoms with E-state index in [2.05, 4.69) is 15.9 Å². The molecule has 0 radical (unpaired) electrons. The van der Waals surface area contributed by atoms with Crippen LogP contribution in [0.15, 0.2) is 15.2 Å². The van der Waals surface area contributed by atoms with Crippen LogP contribution in [0.4, 0.5) is 0 Å². The molecule has 0 amide bonds. The fourth-order valence-corrected chi connectivity index (χ4v) is 2.72. The van der Waals surface area contributed by atoms with E-state index in [4.69, 9.17) is 11.6 Å². The van der Waals surface area contributed by atoms with Crippen LogP contribution >= 0.6 is 38.9 Å². The molecule has 68 valence electrons. The average Bonchev–Trinajstić information content (AvgIpc) is 2.47. The van der Waals surface area contributed by atoms with Gasteiger partial charge in [-0.05, 0) is 34.2 Å². The van der Waals surface area contributed by atoms with Crippen LogP contribution in [0.1, 0.15) is 24.5 Å². The van der Waals surface area contributed by atoms with Crippen molar-refractivity contribution in [3.63, 3.8) is 0 Å². The molecular formula is C8H10BrClOS. The molecule has 1 N–H and O–H groups in total. The van der Waals surface area contributed by atoms with Gasteiger partial charge in [-0.15, -0.1) is 11.6 Å². The van der Waals surface area contributed by atoms with Gasteiger partial charge in [0.05, 0.1) is 6.10 Å². The number of rotatable bonds is 4. The van der Waals surface area contributed by atoms with Crippen molar-refractivity contribution in [1.82, 2.24) is 0 Å². The van der Waals surface area contributed by atoms with Crippen molar-refractivity contribution in [2.24, 2.45) is 0 Å². The van der Waals surface area contributed by atoms with Crippen molar-refractivity contribution in [3.05, 3.63) is 20.8 Å². The molecule has 0 aromatic carbocycles. The Balaban J connectivity index is 2.52. The lowest BCUT2D eigenvalue weighted by molar-refractivity contribution is 0.166. The average molecular weight is 270 g/mol. The molecule has 0 spiro atoms. The Morgan fingerprint density at radius 1 is 1.58 bits per heavy atom. The molecule has 12 heavy (non-hydrogen) atoms. The van der Waals surface area contributed by atoms with Crippen LogP contribution < -0.4 is 0 Å². The summed E-state index contributed by atoms with van der Waals surface area (Å²) in [6, 6.07) is 0. The van der Waals surface area contributed by atoms with Crippen molar-refractivity contribution in [1.29, 1.82) is 0 Å². The molecule has 1 atom stereocenters. The fraction of sp³-hybridized carbons (Fsp3) is 0.500. The van der Waals surface area contributed by atoms with Gasteiger partial charge in [0, 0.05) is 21.3 Å².